The van der Waals surface area contributed by atoms with Crippen molar-refractivity contribution in [2.75, 3.05) is 26.8 Å². The third-order valence-corrected chi connectivity index (χ3v) is 5.03. The molecule has 1 aromatic rings. The molecular formula is C14H19NO4S. The average Bonchev–Trinajstić information content (AvgIpc) is 2.95. The van der Waals surface area contributed by atoms with Crippen LogP contribution in [0, 0.1) is 19.3 Å². The summed E-state index contributed by atoms with van der Waals surface area (Å²) in [5.74, 6) is -0.974. The van der Waals surface area contributed by atoms with E-state index in [1.54, 1.807) is 4.90 Å². The van der Waals surface area contributed by atoms with Crippen molar-refractivity contribution >= 4 is 23.2 Å². The highest BCUT2D eigenvalue weighted by molar-refractivity contribution is 7.14. The largest absolute Gasteiger partial charge is 0.481 e. The van der Waals surface area contributed by atoms with Crippen molar-refractivity contribution in [1.82, 2.24) is 4.90 Å². The van der Waals surface area contributed by atoms with Gasteiger partial charge in [0.25, 0.3) is 5.91 Å². The van der Waals surface area contributed by atoms with Crippen LogP contribution in [-0.4, -0.2) is 48.7 Å². The van der Waals surface area contributed by atoms with E-state index in [1.165, 1.54) is 18.4 Å². The Balaban J connectivity index is 2.16. The molecule has 1 saturated heterocycles. The summed E-state index contributed by atoms with van der Waals surface area (Å²) < 4.78 is 5.03. The van der Waals surface area contributed by atoms with Crippen molar-refractivity contribution in [2.45, 2.75) is 20.3 Å². The number of rotatable bonds is 4. The van der Waals surface area contributed by atoms with E-state index in [0.717, 1.165) is 10.4 Å². The monoisotopic (exact) mass is 297 g/mol. The minimum atomic E-state index is -0.967. The van der Waals surface area contributed by atoms with Crippen LogP contribution in [0.1, 0.15) is 26.5 Å². The lowest BCUT2D eigenvalue weighted by atomic mass is 9.88. The molecule has 2 heterocycles. The molecule has 2 rings (SSSR count). The molecule has 20 heavy (non-hydrogen) atoms. The number of carbonyl (C=O) groups is 2. The standard InChI is InChI=1S/C14H19NO4S/c1-9-6-11(20-10(9)2)12(16)15-5-4-14(7-15,8-19-3)13(17)18/h6H,4-5,7-8H2,1-3H3,(H,17,18). The normalized spacial score (nSPS) is 22.2. The molecular weight excluding hydrogens is 278 g/mol. The van der Waals surface area contributed by atoms with Crippen molar-refractivity contribution < 1.29 is 19.4 Å². The van der Waals surface area contributed by atoms with Gasteiger partial charge in [0.05, 0.1) is 11.5 Å². The summed E-state index contributed by atoms with van der Waals surface area (Å²) in [5, 5.41) is 9.40. The number of carbonyl (C=O) groups excluding carboxylic acids is 1. The Hall–Kier alpha value is -1.40. The third kappa shape index (κ3) is 2.58. The Bertz CT molecular complexity index is 520. The summed E-state index contributed by atoms with van der Waals surface area (Å²) in [4.78, 5) is 27.3. The first kappa shape index (κ1) is 15.0. The summed E-state index contributed by atoms with van der Waals surface area (Å²) in [6.45, 7) is 4.76. The van der Waals surface area contributed by atoms with Crippen LogP contribution in [0.5, 0.6) is 0 Å². The zero-order valence-electron chi connectivity index (χ0n) is 11.9. The van der Waals surface area contributed by atoms with E-state index in [4.69, 9.17) is 4.74 Å². The molecule has 0 spiro atoms. The maximum atomic E-state index is 12.4. The Morgan fingerprint density at radius 1 is 1.50 bits per heavy atom. The number of likely N-dealkylation sites (tertiary alicyclic amines) is 1. The molecule has 1 aliphatic heterocycles. The Labute approximate surface area is 122 Å². The number of thiophene rings is 1. The highest BCUT2D eigenvalue weighted by Gasteiger charge is 2.46. The fraction of sp³-hybridized carbons (Fsp3) is 0.571. The van der Waals surface area contributed by atoms with Gasteiger partial charge in [0.1, 0.15) is 5.41 Å². The lowest BCUT2D eigenvalue weighted by molar-refractivity contribution is -0.151. The summed E-state index contributed by atoms with van der Waals surface area (Å²) in [6.07, 6.45) is 0.436. The lowest BCUT2D eigenvalue weighted by Crippen LogP contribution is -2.40. The molecule has 1 unspecified atom stereocenters. The van der Waals surface area contributed by atoms with E-state index < -0.39 is 11.4 Å². The van der Waals surface area contributed by atoms with E-state index >= 15 is 0 Å². The molecule has 0 aliphatic carbocycles. The van der Waals surface area contributed by atoms with Crippen LogP contribution in [0.15, 0.2) is 6.07 Å². The maximum absolute atomic E-state index is 12.4. The molecule has 0 aromatic carbocycles. The predicted molar refractivity (Wildman–Crippen MR) is 76.3 cm³/mol. The molecule has 1 aromatic heterocycles. The molecule has 5 nitrogen and oxygen atoms in total. The van der Waals surface area contributed by atoms with Crippen molar-refractivity contribution in [3.8, 4) is 0 Å². The molecule has 0 bridgehead atoms. The first-order valence-corrected chi connectivity index (χ1v) is 7.30. The number of amides is 1. The van der Waals surface area contributed by atoms with E-state index in [0.29, 0.717) is 17.8 Å². The lowest BCUT2D eigenvalue weighted by Gasteiger charge is -2.23. The van der Waals surface area contributed by atoms with Gasteiger partial charge in [-0.05, 0) is 31.9 Å². The van der Waals surface area contributed by atoms with Crippen molar-refractivity contribution in [1.29, 1.82) is 0 Å². The minimum Gasteiger partial charge on any atom is -0.481 e. The van der Waals surface area contributed by atoms with Gasteiger partial charge >= 0.3 is 5.97 Å². The number of aryl methyl sites for hydroxylation is 2. The zero-order valence-corrected chi connectivity index (χ0v) is 12.7. The van der Waals surface area contributed by atoms with Gasteiger partial charge in [-0.3, -0.25) is 9.59 Å². The van der Waals surface area contributed by atoms with Gasteiger partial charge in [0.15, 0.2) is 0 Å². The summed E-state index contributed by atoms with van der Waals surface area (Å²) in [5.41, 5.74) is 0.130. The molecule has 0 saturated carbocycles. The molecule has 1 fully saturated rings. The summed E-state index contributed by atoms with van der Waals surface area (Å²) in [7, 11) is 1.49. The van der Waals surface area contributed by atoms with Crippen LogP contribution in [0.25, 0.3) is 0 Å². The average molecular weight is 297 g/mol. The highest BCUT2D eigenvalue weighted by atomic mass is 32.1. The molecule has 1 amide bonds. The van der Waals surface area contributed by atoms with E-state index in [9.17, 15) is 14.7 Å². The molecule has 110 valence electrons. The number of aliphatic carboxylic acids is 1. The van der Waals surface area contributed by atoms with Crippen LogP contribution >= 0.6 is 11.3 Å². The van der Waals surface area contributed by atoms with Crippen LogP contribution in [0.3, 0.4) is 0 Å². The molecule has 0 radical (unpaired) electrons. The zero-order chi connectivity index (χ0) is 14.9. The van der Waals surface area contributed by atoms with Gasteiger partial charge in [-0.15, -0.1) is 11.3 Å². The van der Waals surface area contributed by atoms with Gasteiger partial charge in [-0.1, -0.05) is 0 Å². The van der Waals surface area contributed by atoms with Crippen LogP contribution in [0.4, 0.5) is 0 Å². The number of methoxy groups -OCH3 is 1. The maximum Gasteiger partial charge on any atom is 0.313 e. The van der Waals surface area contributed by atoms with Crippen LogP contribution in [0.2, 0.25) is 0 Å². The predicted octanol–water partition coefficient (Wildman–Crippen LogP) is 1.93. The summed E-state index contributed by atoms with van der Waals surface area (Å²) in [6, 6.07) is 1.87. The van der Waals surface area contributed by atoms with E-state index in [-0.39, 0.29) is 19.1 Å². The van der Waals surface area contributed by atoms with Crippen molar-refractivity contribution in [3.05, 3.63) is 21.4 Å². The number of nitrogens with zero attached hydrogens (tertiary/aromatic N) is 1. The SMILES string of the molecule is COCC1(C(=O)O)CCN(C(=O)c2cc(C)c(C)s2)C1. The van der Waals surface area contributed by atoms with Crippen molar-refractivity contribution in [2.24, 2.45) is 5.41 Å². The van der Waals surface area contributed by atoms with E-state index in [2.05, 4.69) is 0 Å². The first-order valence-electron chi connectivity index (χ1n) is 6.48. The van der Waals surface area contributed by atoms with Crippen molar-refractivity contribution in [3.63, 3.8) is 0 Å². The van der Waals surface area contributed by atoms with Gasteiger partial charge in [-0.25, -0.2) is 0 Å². The molecule has 6 heteroatoms. The van der Waals surface area contributed by atoms with E-state index in [1.807, 2.05) is 19.9 Å². The van der Waals surface area contributed by atoms with Gasteiger partial charge in [-0.2, -0.15) is 0 Å². The second-order valence-electron chi connectivity index (χ2n) is 5.35. The van der Waals surface area contributed by atoms with Gasteiger partial charge in [0, 0.05) is 25.1 Å². The van der Waals surface area contributed by atoms with Gasteiger partial charge < -0.3 is 14.7 Å². The second-order valence-corrected chi connectivity index (χ2v) is 6.60. The highest BCUT2D eigenvalue weighted by Crippen LogP contribution is 2.33. The number of carboxylic acids is 1. The Morgan fingerprint density at radius 2 is 2.20 bits per heavy atom. The molecule has 1 atom stereocenters. The number of ether oxygens (including phenoxy) is 1. The first-order chi connectivity index (χ1) is 9.39. The molecule has 1 aliphatic rings. The fourth-order valence-corrected chi connectivity index (χ4v) is 3.51. The smallest absolute Gasteiger partial charge is 0.313 e. The van der Waals surface area contributed by atoms with Crippen LogP contribution < -0.4 is 0 Å². The Morgan fingerprint density at radius 3 is 2.70 bits per heavy atom. The summed E-state index contributed by atoms with van der Waals surface area (Å²) >= 11 is 1.46. The number of hydrogen-bond donors (Lipinski definition) is 1. The van der Waals surface area contributed by atoms with Crippen LogP contribution in [-0.2, 0) is 9.53 Å². The third-order valence-electron chi connectivity index (χ3n) is 3.89. The second kappa shape index (κ2) is 5.54. The van der Waals surface area contributed by atoms with Gasteiger partial charge in [0.2, 0.25) is 0 Å². The molecule has 1 N–H and O–H groups in total. The Kier molecular flexibility index (Phi) is 4.15. The minimum absolute atomic E-state index is 0.0783. The quantitative estimate of drug-likeness (QED) is 0.922. The topological polar surface area (TPSA) is 66.8 Å². The number of hydrogen-bond acceptors (Lipinski definition) is 4. The fourth-order valence-electron chi connectivity index (χ4n) is 2.51. The number of carboxylic acid groups (broad SMARTS) is 1.